The van der Waals surface area contributed by atoms with Crippen molar-refractivity contribution in [2.45, 2.75) is 19.0 Å². The number of hydrogen-bond donors (Lipinski definition) is 2. The van der Waals surface area contributed by atoms with Gasteiger partial charge in [0.1, 0.15) is 12.6 Å². The molecule has 0 aliphatic carbocycles. The summed E-state index contributed by atoms with van der Waals surface area (Å²) in [6.45, 7) is 0.449. The van der Waals surface area contributed by atoms with Gasteiger partial charge in [-0.3, -0.25) is 4.79 Å². The highest BCUT2D eigenvalue weighted by atomic mass is 16.7. The summed E-state index contributed by atoms with van der Waals surface area (Å²) in [4.78, 5) is 23.3. The zero-order chi connectivity index (χ0) is 16.9. The van der Waals surface area contributed by atoms with Gasteiger partial charge in [-0.2, -0.15) is 0 Å². The van der Waals surface area contributed by atoms with E-state index >= 15 is 0 Å². The highest BCUT2D eigenvalue weighted by molar-refractivity contribution is 5.93. The van der Waals surface area contributed by atoms with E-state index in [1.807, 2.05) is 0 Å². The van der Waals surface area contributed by atoms with Gasteiger partial charge in [0.2, 0.25) is 12.7 Å². The zero-order valence-electron chi connectivity index (χ0n) is 12.7. The number of carboxylic acids is 1. The quantitative estimate of drug-likeness (QED) is 0.687. The van der Waals surface area contributed by atoms with E-state index in [2.05, 4.69) is 5.32 Å². The first-order valence-corrected chi connectivity index (χ1v) is 7.38. The number of rotatable bonds is 7. The molecular weight excluding hydrogens is 316 g/mol. The average Bonchev–Trinajstić information content (AvgIpc) is 3.21. The van der Waals surface area contributed by atoms with Gasteiger partial charge in [-0.05, 0) is 24.3 Å². The summed E-state index contributed by atoms with van der Waals surface area (Å²) < 4.78 is 15.5. The number of quaternary nitrogens is 1. The third kappa shape index (κ3) is 3.85. The molecule has 2 heterocycles. The minimum atomic E-state index is -1.30. The monoisotopic (exact) mass is 332 g/mol. The molecular formula is C16H16N2O6. The summed E-state index contributed by atoms with van der Waals surface area (Å²) in [7, 11) is 0. The molecule has 8 heteroatoms. The van der Waals surface area contributed by atoms with E-state index in [1.165, 1.54) is 11.6 Å². The zero-order valence-corrected chi connectivity index (χ0v) is 12.7. The lowest BCUT2D eigenvalue weighted by Crippen LogP contribution is -2.92. The standard InChI is InChI=1S/C16H16N2O6/c19-15(18-10-3-4-13-14(6-10)24-9-23-13)7-12(16(20)21)17-8-11-2-1-5-22-11/h1-6,12,17H,7-9H2,(H,18,19)(H,20,21)/t12-/m1/s1. The number of benzene rings is 1. The van der Waals surface area contributed by atoms with Gasteiger partial charge >= 0.3 is 0 Å². The van der Waals surface area contributed by atoms with Crippen molar-refractivity contribution in [2.24, 2.45) is 0 Å². The number of carbonyl (C=O) groups excluding carboxylic acids is 2. The first kappa shape index (κ1) is 15.9. The number of carbonyl (C=O) groups is 2. The Hall–Kier alpha value is -3.00. The number of fused-ring (bicyclic) bond motifs is 1. The molecule has 0 unspecified atom stereocenters. The van der Waals surface area contributed by atoms with Crippen molar-refractivity contribution in [1.82, 2.24) is 0 Å². The molecule has 1 aromatic carbocycles. The van der Waals surface area contributed by atoms with Gasteiger partial charge in [-0.15, -0.1) is 0 Å². The Balaban J connectivity index is 1.56. The van der Waals surface area contributed by atoms with Gasteiger partial charge < -0.3 is 34.4 Å². The second-order valence-corrected chi connectivity index (χ2v) is 5.27. The van der Waals surface area contributed by atoms with Crippen LogP contribution in [0.1, 0.15) is 12.2 Å². The van der Waals surface area contributed by atoms with Gasteiger partial charge in [0, 0.05) is 11.8 Å². The van der Waals surface area contributed by atoms with Crippen LogP contribution in [0.15, 0.2) is 41.0 Å². The maximum Gasteiger partial charge on any atom is 0.231 e. The van der Waals surface area contributed by atoms with Crippen molar-refractivity contribution in [2.75, 3.05) is 12.1 Å². The summed E-state index contributed by atoms with van der Waals surface area (Å²) in [5, 5.41) is 15.3. The lowest BCUT2D eigenvalue weighted by molar-refractivity contribution is -0.698. The van der Waals surface area contributed by atoms with E-state index in [-0.39, 0.29) is 13.2 Å². The fourth-order valence-corrected chi connectivity index (χ4v) is 2.34. The number of hydrogen-bond acceptors (Lipinski definition) is 6. The predicted molar refractivity (Wildman–Crippen MR) is 78.9 cm³/mol. The van der Waals surface area contributed by atoms with Crippen LogP contribution < -0.4 is 25.2 Å². The summed E-state index contributed by atoms with van der Waals surface area (Å²) >= 11 is 0. The molecule has 0 fully saturated rings. The average molecular weight is 332 g/mol. The number of furan rings is 1. The first-order chi connectivity index (χ1) is 11.6. The molecule has 1 aliphatic heterocycles. The topological polar surface area (TPSA) is 117 Å². The molecule has 24 heavy (non-hydrogen) atoms. The summed E-state index contributed by atoms with van der Waals surface area (Å²) in [6.07, 6.45) is 1.28. The fourth-order valence-electron chi connectivity index (χ4n) is 2.34. The number of nitrogens with two attached hydrogens (primary N) is 1. The molecule has 3 N–H and O–H groups in total. The number of amides is 1. The number of anilines is 1. The minimum Gasteiger partial charge on any atom is -0.544 e. The van der Waals surface area contributed by atoms with E-state index in [0.29, 0.717) is 29.5 Å². The Morgan fingerprint density at radius 1 is 1.25 bits per heavy atom. The molecule has 0 saturated heterocycles. The van der Waals surface area contributed by atoms with Gasteiger partial charge in [0.15, 0.2) is 17.3 Å². The van der Waals surface area contributed by atoms with Crippen molar-refractivity contribution in [3.8, 4) is 11.5 Å². The molecule has 126 valence electrons. The van der Waals surface area contributed by atoms with E-state index in [0.717, 1.165) is 0 Å². The molecule has 0 radical (unpaired) electrons. The van der Waals surface area contributed by atoms with Crippen molar-refractivity contribution < 1.29 is 33.9 Å². The normalized spacial score (nSPS) is 13.5. The number of ether oxygens (including phenoxy) is 2. The van der Waals surface area contributed by atoms with Crippen LogP contribution in [0.5, 0.6) is 11.5 Å². The van der Waals surface area contributed by atoms with Crippen LogP contribution in [0.25, 0.3) is 0 Å². The Labute approximate surface area is 137 Å². The molecule has 0 bridgehead atoms. The van der Waals surface area contributed by atoms with E-state index < -0.39 is 17.9 Å². The number of carboxylic acid groups (broad SMARTS) is 1. The molecule has 2 aromatic rings. The molecule has 3 rings (SSSR count). The van der Waals surface area contributed by atoms with Gasteiger partial charge in [-0.1, -0.05) is 0 Å². The van der Waals surface area contributed by atoms with Crippen LogP contribution in [0.3, 0.4) is 0 Å². The molecule has 1 amide bonds. The van der Waals surface area contributed by atoms with Gasteiger partial charge in [0.05, 0.1) is 18.7 Å². The van der Waals surface area contributed by atoms with Crippen LogP contribution in [-0.4, -0.2) is 24.7 Å². The Morgan fingerprint density at radius 2 is 2.08 bits per heavy atom. The van der Waals surface area contributed by atoms with Crippen molar-refractivity contribution >= 4 is 17.6 Å². The minimum absolute atomic E-state index is 0.140. The maximum atomic E-state index is 12.1. The van der Waals surface area contributed by atoms with Gasteiger partial charge in [-0.25, -0.2) is 0 Å². The third-order valence-corrected chi connectivity index (χ3v) is 3.55. The van der Waals surface area contributed by atoms with Crippen molar-refractivity contribution in [1.29, 1.82) is 0 Å². The van der Waals surface area contributed by atoms with Crippen LogP contribution in [0.2, 0.25) is 0 Å². The van der Waals surface area contributed by atoms with Crippen LogP contribution in [-0.2, 0) is 16.1 Å². The molecule has 1 aromatic heterocycles. The lowest BCUT2D eigenvalue weighted by Gasteiger charge is -2.15. The Morgan fingerprint density at radius 3 is 2.83 bits per heavy atom. The molecule has 1 aliphatic rings. The van der Waals surface area contributed by atoms with Crippen LogP contribution in [0, 0.1) is 0 Å². The summed E-state index contributed by atoms with van der Waals surface area (Å²) in [6, 6.07) is 7.40. The number of nitrogens with one attached hydrogen (secondary N) is 1. The number of aliphatic carboxylic acids is 1. The third-order valence-electron chi connectivity index (χ3n) is 3.55. The van der Waals surface area contributed by atoms with Crippen molar-refractivity contribution in [3.63, 3.8) is 0 Å². The second-order valence-electron chi connectivity index (χ2n) is 5.27. The molecule has 8 nitrogen and oxygen atoms in total. The Bertz CT molecular complexity index is 728. The molecule has 0 saturated carbocycles. The van der Waals surface area contributed by atoms with Crippen LogP contribution >= 0.6 is 0 Å². The van der Waals surface area contributed by atoms with E-state index in [4.69, 9.17) is 13.9 Å². The van der Waals surface area contributed by atoms with Crippen LogP contribution in [0.4, 0.5) is 5.69 Å². The highest BCUT2D eigenvalue weighted by Gasteiger charge is 2.20. The highest BCUT2D eigenvalue weighted by Crippen LogP contribution is 2.34. The molecule has 0 spiro atoms. The largest absolute Gasteiger partial charge is 0.544 e. The van der Waals surface area contributed by atoms with Gasteiger partial charge in [0.25, 0.3) is 0 Å². The first-order valence-electron chi connectivity index (χ1n) is 7.38. The Kier molecular flexibility index (Phi) is 4.66. The fraction of sp³-hybridized carbons (Fsp3) is 0.250. The predicted octanol–water partition coefficient (Wildman–Crippen LogP) is -0.781. The molecule has 1 atom stereocenters. The lowest BCUT2D eigenvalue weighted by atomic mass is 10.2. The summed E-state index contributed by atoms with van der Waals surface area (Å²) in [5.41, 5.74) is 0.507. The smallest absolute Gasteiger partial charge is 0.231 e. The second kappa shape index (κ2) is 7.05. The van der Waals surface area contributed by atoms with Crippen molar-refractivity contribution in [3.05, 3.63) is 42.4 Å². The summed E-state index contributed by atoms with van der Waals surface area (Å²) in [5.74, 6) is 0.0274. The van der Waals surface area contributed by atoms with E-state index in [1.54, 1.807) is 30.3 Å². The maximum absolute atomic E-state index is 12.1. The van der Waals surface area contributed by atoms with E-state index in [9.17, 15) is 14.7 Å². The SMILES string of the molecule is O=C(C[C@@H]([NH2+]Cc1ccco1)C(=O)[O-])Nc1ccc2c(c1)OCO2.